The first kappa shape index (κ1) is 18.8. The van der Waals surface area contributed by atoms with E-state index < -0.39 is 18.6 Å². The number of anilines is 3. The number of benzene rings is 1. The Morgan fingerprint density at radius 3 is 2.71 bits per heavy atom. The van der Waals surface area contributed by atoms with Crippen molar-refractivity contribution in [2.75, 3.05) is 43.0 Å². The molecule has 34 heavy (non-hydrogen) atoms. The van der Waals surface area contributed by atoms with Gasteiger partial charge in [0.05, 0.1) is 28.8 Å². The molecule has 7 nitrogen and oxygen atoms in total. The molecule has 174 valence electrons. The first-order chi connectivity index (χ1) is 17.7. The summed E-state index contributed by atoms with van der Waals surface area (Å²) in [5, 5.41) is 17.5. The molecule has 0 unspecified atom stereocenters. The average molecular weight is 483 g/mol. The highest BCUT2D eigenvalue weighted by atomic mass is 32.1. The molecule has 0 bridgehead atoms. The van der Waals surface area contributed by atoms with Crippen LogP contribution in [0.2, 0.25) is 0 Å². The van der Waals surface area contributed by atoms with Crippen LogP contribution in [0, 0.1) is 23.0 Å². The first-order valence-electron chi connectivity index (χ1n) is 12.3. The Bertz CT molecular complexity index is 1490. The summed E-state index contributed by atoms with van der Waals surface area (Å²) in [6, 6.07) is 9.19. The summed E-state index contributed by atoms with van der Waals surface area (Å²) < 4.78 is 55.1. The van der Waals surface area contributed by atoms with Crippen LogP contribution in [0.3, 0.4) is 0 Å². The second kappa shape index (κ2) is 9.00. The minimum Gasteiger partial charge on any atom is -0.367 e. The van der Waals surface area contributed by atoms with Crippen molar-refractivity contribution >= 4 is 33.4 Å². The second-order valence-electron chi connectivity index (χ2n) is 7.85. The third-order valence-corrected chi connectivity index (χ3v) is 6.73. The van der Waals surface area contributed by atoms with Crippen molar-refractivity contribution in [3.63, 3.8) is 0 Å². The Morgan fingerprint density at radius 2 is 2.03 bits per heavy atom. The third-order valence-electron chi connectivity index (χ3n) is 5.79. The van der Waals surface area contributed by atoms with Crippen molar-refractivity contribution in [3.8, 4) is 17.3 Å². The summed E-state index contributed by atoms with van der Waals surface area (Å²) in [5.74, 6) is -0.889. The van der Waals surface area contributed by atoms with Gasteiger partial charge in [0, 0.05) is 42.8 Å². The van der Waals surface area contributed by atoms with Crippen molar-refractivity contribution < 1.29 is 12.9 Å². The predicted octanol–water partition coefficient (Wildman–Crippen LogP) is 4.35. The molecule has 1 aromatic carbocycles. The topological polar surface area (TPSA) is 72.5 Å². The first-order valence-corrected chi connectivity index (χ1v) is 11.7. The minimum absolute atomic E-state index is 0.0634. The quantitative estimate of drug-likeness (QED) is 0.456. The van der Waals surface area contributed by atoms with Gasteiger partial charge >= 0.3 is 0 Å². The van der Waals surface area contributed by atoms with Crippen molar-refractivity contribution in [1.82, 2.24) is 19.9 Å². The summed E-state index contributed by atoms with van der Waals surface area (Å²) in [6.07, 6.45) is 1.65. The largest absolute Gasteiger partial charge is 0.367 e. The van der Waals surface area contributed by atoms with Crippen LogP contribution in [0.4, 0.5) is 25.3 Å². The van der Waals surface area contributed by atoms with Crippen molar-refractivity contribution in [2.45, 2.75) is 13.3 Å². The molecule has 1 aliphatic rings. The second-order valence-corrected chi connectivity index (χ2v) is 8.83. The van der Waals surface area contributed by atoms with Gasteiger partial charge in [-0.3, -0.25) is 0 Å². The zero-order valence-corrected chi connectivity index (χ0v) is 19.2. The Hall–Kier alpha value is -3.55. The zero-order valence-electron chi connectivity index (χ0n) is 21.3. The van der Waals surface area contributed by atoms with Crippen molar-refractivity contribution in [1.29, 1.82) is 5.26 Å². The summed E-state index contributed by atoms with van der Waals surface area (Å²) in [4.78, 5) is 7.72. The van der Waals surface area contributed by atoms with Gasteiger partial charge in [-0.2, -0.15) is 10.4 Å². The lowest BCUT2D eigenvalue weighted by atomic mass is 10.1. The molecule has 0 spiro atoms. The van der Waals surface area contributed by atoms with Crippen LogP contribution in [-0.2, 0) is 6.42 Å². The molecule has 0 amide bonds. The Morgan fingerprint density at radius 1 is 1.26 bits per heavy atom. The number of hydrogen-bond acceptors (Lipinski definition) is 7. The van der Waals surface area contributed by atoms with Crippen molar-refractivity contribution in [3.05, 3.63) is 58.7 Å². The lowest BCUT2D eigenvalue weighted by molar-refractivity contribution is 0.562. The highest BCUT2D eigenvalue weighted by molar-refractivity contribution is 7.16. The number of aromatic nitrogens is 3. The maximum Gasteiger partial charge on any atom is 0.191 e. The standard InChI is InChI=1S/C24H23F2N7S/c1-3-18-23(20-12-19(17(26)14-33(20)30-18)32-10-8-28-9-11-32)31(2)24-29-22(21(13-27)34-24)15-4-6-16(25)7-5-15/h4-7,12,14,28H,3,8-11H2,1-2H3/i2D3. The normalized spacial score (nSPS) is 15.6. The van der Waals surface area contributed by atoms with E-state index >= 15 is 4.39 Å². The molecular weight excluding hydrogens is 456 g/mol. The molecular formula is C24H23F2N7S. The van der Waals surface area contributed by atoms with E-state index in [9.17, 15) is 9.65 Å². The van der Waals surface area contributed by atoms with Gasteiger partial charge in [0.1, 0.15) is 22.5 Å². The number of nitrogens with zero attached hydrogens (tertiary/aromatic N) is 6. The third kappa shape index (κ3) is 3.87. The van der Waals surface area contributed by atoms with E-state index in [-0.39, 0.29) is 21.4 Å². The highest BCUT2D eigenvalue weighted by Crippen LogP contribution is 2.39. The van der Waals surface area contributed by atoms with Crippen LogP contribution in [0.5, 0.6) is 0 Å². The zero-order chi connectivity index (χ0) is 26.3. The Balaban J connectivity index is 1.71. The number of hydrogen-bond donors (Lipinski definition) is 1. The van der Waals surface area contributed by atoms with Gasteiger partial charge in [0.25, 0.3) is 0 Å². The Labute approximate surface area is 204 Å². The lowest BCUT2D eigenvalue weighted by Gasteiger charge is -2.29. The fourth-order valence-electron chi connectivity index (χ4n) is 4.10. The van der Waals surface area contributed by atoms with Gasteiger partial charge in [0.2, 0.25) is 0 Å². The fraction of sp³-hybridized carbons (Fsp3) is 0.292. The summed E-state index contributed by atoms with van der Waals surface area (Å²) in [5.41, 5.74) is 2.27. The molecule has 1 aliphatic heterocycles. The number of fused-ring (bicyclic) bond motifs is 1. The van der Waals surface area contributed by atoms with Gasteiger partial charge in [-0.25, -0.2) is 18.3 Å². The van der Waals surface area contributed by atoms with Crippen LogP contribution < -0.4 is 15.1 Å². The van der Waals surface area contributed by atoms with Gasteiger partial charge in [-0.05, 0) is 36.8 Å². The van der Waals surface area contributed by atoms with Gasteiger partial charge < -0.3 is 15.1 Å². The average Bonchev–Trinajstić information content (AvgIpc) is 3.45. The van der Waals surface area contributed by atoms with E-state index in [1.807, 2.05) is 11.8 Å². The number of nitrogens with one attached hydrogen (secondary N) is 1. The van der Waals surface area contributed by atoms with E-state index in [2.05, 4.69) is 21.5 Å². The monoisotopic (exact) mass is 482 g/mol. The number of piperazine rings is 1. The SMILES string of the molecule is [2H]C([2H])([2H])N(c1nc(-c2ccc(F)cc2)c(C#N)s1)c1c(CC)nn2cc(F)c(N3CCNCC3)cc12. The molecule has 5 rings (SSSR count). The lowest BCUT2D eigenvalue weighted by Crippen LogP contribution is -2.43. The number of aryl methyl sites for hydroxylation is 1. The number of pyridine rings is 1. The molecule has 1 fully saturated rings. The molecule has 0 saturated carbocycles. The van der Waals surface area contributed by atoms with Gasteiger partial charge in [-0.15, -0.1) is 0 Å². The molecule has 0 atom stereocenters. The highest BCUT2D eigenvalue weighted by Gasteiger charge is 2.24. The summed E-state index contributed by atoms with van der Waals surface area (Å²) in [6.45, 7) is 1.78. The Kier molecular flexibility index (Phi) is 4.99. The van der Waals surface area contributed by atoms with E-state index in [1.165, 1.54) is 35.0 Å². The van der Waals surface area contributed by atoms with Crippen LogP contribution >= 0.6 is 11.3 Å². The summed E-state index contributed by atoms with van der Waals surface area (Å²) in [7, 11) is 0. The van der Waals surface area contributed by atoms with Gasteiger partial charge in [0.15, 0.2) is 10.9 Å². The van der Waals surface area contributed by atoms with E-state index in [0.29, 0.717) is 55.1 Å². The molecule has 0 aliphatic carbocycles. The van der Waals surface area contributed by atoms with E-state index in [1.54, 1.807) is 6.07 Å². The number of rotatable bonds is 5. The molecule has 1 N–H and O–H groups in total. The number of halogens is 2. The number of nitriles is 1. The summed E-state index contributed by atoms with van der Waals surface area (Å²) >= 11 is 0.925. The fourth-order valence-corrected chi connectivity index (χ4v) is 4.91. The minimum atomic E-state index is -2.69. The predicted molar refractivity (Wildman–Crippen MR) is 130 cm³/mol. The number of thiazole rings is 1. The van der Waals surface area contributed by atoms with Crippen LogP contribution in [-0.4, -0.2) is 47.8 Å². The molecule has 0 radical (unpaired) electrons. The van der Waals surface area contributed by atoms with E-state index in [4.69, 9.17) is 4.11 Å². The van der Waals surface area contributed by atoms with E-state index in [0.717, 1.165) is 16.2 Å². The van der Waals surface area contributed by atoms with Crippen LogP contribution in [0.15, 0.2) is 36.5 Å². The maximum atomic E-state index is 15.1. The smallest absolute Gasteiger partial charge is 0.191 e. The molecule has 1 saturated heterocycles. The molecule has 4 aromatic rings. The van der Waals surface area contributed by atoms with Gasteiger partial charge in [-0.1, -0.05) is 18.3 Å². The van der Waals surface area contributed by atoms with Crippen LogP contribution in [0.25, 0.3) is 16.8 Å². The molecule has 10 heteroatoms. The maximum absolute atomic E-state index is 15.1. The van der Waals surface area contributed by atoms with Crippen LogP contribution in [0.1, 0.15) is 21.6 Å². The van der Waals surface area contributed by atoms with Crippen molar-refractivity contribution in [2.24, 2.45) is 0 Å². The molecule has 3 aromatic heterocycles. The molecule has 4 heterocycles.